The van der Waals surface area contributed by atoms with Crippen LogP contribution in [0.4, 0.5) is 5.69 Å². The normalized spacial score (nSPS) is 18.8. The largest absolute Gasteiger partial charge is 0.496 e. The number of hydrogen-bond donors (Lipinski definition) is 1. The van der Waals surface area contributed by atoms with Crippen LogP contribution in [-0.4, -0.2) is 94.2 Å². The molecule has 0 aliphatic carbocycles. The summed E-state index contributed by atoms with van der Waals surface area (Å²) in [5.74, 6) is 0.356. The summed E-state index contributed by atoms with van der Waals surface area (Å²) < 4.78 is 23.3. The number of hydrogen-bond acceptors (Lipinski definition) is 7. The predicted molar refractivity (Wildman–Crippen MR) is 190 cm³/mol. The van der Waals surface area contributed by atoms with Gasteiger partial charge in [0, 0.05) is 36.3 Å². The maximum absolute atomic E-state index is 14.4. The van der Waals surface area contributed by atoms with E-state index in [1.54, 1.807) is 14.2 Å². The molecule has 10 heteroatoms. The van der Waals surface area contributed by atoms with E-state index in [4.69, 9.17) is 18.9 Å². The van der Waals surface area contributed by atoms with Gasteiger partial charge in [-0.1, -0.05) is 43.7 Å². The van der Waals surface area contributed by atoms with Crippen LogP contribution in [-0.2, 0) is 22.6 Å². The third-order valence-corrected chi connectivity index (χ3v) is 9.53. The van der Waals surface area contributed by atoms with Gasteiger partial charge in [-0.05, 0) is 67.1 Å². The quantitative estimate of drug-likeness (QED) is 0.186. The maximum Gasteiger partial charge on any atom is 0.308 e. The predicted octanol–water partition coefficient (Wildman–Crippen LogP) is 5.96. The lowest BCUT2D eigenvalue weighted by atomic mass is 9.83. The number of likely N-dealkylation sites (tertiary alicyclic amines) is 1. The van der Waals surface area contributed by atoms with E-state index < -0.39 is 11.9 Å². The van der Waals surface area contributed by atoms with Crippen LogP contribution in [0.2, 0.25) is 0 Å². The van der Waals surface area contributed by atoms with Crippen LogP contribution in [0.5, 0.6) is 23.0 Å². The van der Waals surface area contributed by atoms with Crippen molar-refractivity contribution in [3.63, 3.8) is 0 Å². The van der Waals surface area contributed by atoms with Gasteiger partial charge in [0.2, 0.25) is 18.4 Å². The Labute approximate surface area is 290 Å². The Morgan fingerprint density at radius 3 is 2.47 bits per heavy atom. The molecule has 5 rings (SSSR count). The summed E-state index contributed by atoms with van der Waals surface area (Å²) in [6, 6.07) is 19.5. The second-order valence-electron chi connectivity index (χ2n) is 14.1. The molecule has 3 aromatic rings. The lowest BCUT2D eigenvalue weighted by molar-refractivity contribution is -0.884. The lowest BCUT2D eigenvalue weighted by Gasteiger charge is -2.30. The molecule has 3 unspecified atom stereocenters. The van der Waals surface area contributed by atoms with Crippen LogP contribution in [0.25, 0.3) is 0 Å². The van der Waals surface area contributed by atoms with Crippen molar-refractivity contribution in [2.24, 2.45) is 5.92 Å². The van der Waals surface area contributed by atoms with Crippen molar-refractivity contribution in [2.75, 3.05) is 66.7 Å². The highest BCUT2D eigenvalue weighted by atomic mass is 16.7. The van der Waals surface area contributed by atoms with Crippen LogP contribution in [0.3, 0.4) is 0 Å². The Morgan fingerprint density at radius 2 is 1.76 bits per heavy atom. The van der Waals surface area contributed by atoms with Gasteiger partial charge in [-0.15, -0.1) is 0 Å². The third kappa shape index (κ3) is 8.66. The number of rotatable bonds is 16. The molecule has 2 aliphatic rings. The standard InChI is InChI=1S/C39H51N3O7/c1-7-8-19-41(30-16-11-13-27(20-30)25-42(2,3)4)36(43)24-40-23-31(29-21-34(47-6)38-35(22-29)48-26-49-38)37(39(44)45)32(40)17-12-15-28-14-9-10-18-33(28)46-5/h9-11,13-14,16,18,20-22,31-32,37H,7-8,12,15,17,19,23-26H2,1-6H3/p+1. The van der Waals surface area contributed by atoms with Crippen LogP contribution in [0.1, 0.15) is 55.2 Å². The SMILES string of the molecule is CCCCN(C(=O)CN1CC(c2cc(OC)c3c(c2)OCO3)C(C(=O)O)C1CCCc1ccccc1OC)c1cccc(C[N+](C)(C)C)c1. The number of ether oxygens (including phenoxy) is 4. The maximum atomic E-state index is 14.4. The zero-order valence-corrected chi connectivity index (χ0v) is 29.8. The summed E-state index contributed by atoms with van der Waals surface area (Å²) in [5.41, 5.74) is 3.92. The van der Waals surface area contributed by atoms with Crippen LogP contribution in [0.15, 0.2) is 60.7 Å². The Kier molecular flexibility index (Phi) is 11.7. The molecule has 264 valence electrons. The van der Waals surface area contributed by atoms with Gasteiger partial charge in [0.25, 0.3) is 0 Å². The fourth-order valence-electron chi connectivity index (χ4n) is 7.31. The first kappa shape index (κ1) is 36.0. The average molecular weight is 675 g/mol. The molecule has 49 heavy (non-hydrogen) atoms. The van der Waals surface area contributed by atoms with Crippen molar-refractivity contribution in [3.8, 4) is 23.0 Å². The summed E-state index contributed by atoms with van der Waals surface area (Å²) in [4.78, 5) is 31.5. The number of methoxy groups -OCH3 is 2. The minimum absolute atomic E-state index is 0.0290. The van der Waals surface area contributed by atoms with Crippen molar-refractivity contribution in [2.45, 2.75) is 57.5 Å². The second kappa shape index (κ2) is 16.0. The number of fused-ring (bicyclic) bond motifs is 1. The molecule has 0 aromatic heterocycles. The van der Waals surface area contributed by atoms with E-state index >= 15 is 0 Å². The molecular formula is C39H52N3O7+. The van der Waals surface area contributed by atoms with Crippen molar-refractivity contribution < 1.29 is 38.1 Å². The second-order valence-corrected chi connectivity index (χ2v) is 14.1. The molecule has 3 aromatic carbocycles. The third-order valence-electron chi connectivity index (χ3n) is 9.53. The van der Waals surface area contributed by atoms with E-state index in [0.717, 1.165) is 64.8 Å². The summed E-state index contributed by atoms with van der Waals surface area (Å²) >= 11 is 0. The number of unbranched alkanes of at least 4 members (excludes halogenated alkanes) is 1. The van der Waals surface area contributed by atoms with Gasteiger partial charge in [0.15, 0.2) is 11.5 Å². The van der Waals surface area contributed by atoms with E-state index in [9.17, 15) is 14.7 Å². The number of aliphatic carboxylic acids is 1. The molecule has 0 bridgehead atoms. The minimum Gasteiger partial charge on any atom is -0.496 e. The molecule has 3 atom stereocenters. The Morgan fingerprint density at radius 1 is 0.980 bits per heavy atom. The number of carboxylic acids is 1. The monoisotopic (exact) mass is 674 g/mol. The van der Waals surface area contributed by atoms with E-state index in [2.05, 4.69) is 45.1 Å². The molecule has 1 amide bonds. The lowest BCUT2D eigenvalue weighted by Crippen LogP contribution is -2.44. The Bertz CT molecular complexity index is 1600. The molecule has 1 saturated heterocycles. The fourth-order valence-corrected chi connectivity index (χ4v) is 7.31. The van der Waals surface area contributed by atoms with Crippen LogP contribution < -0.4 is 23.8 Å². The first-order valence-electron chi connectivity index (χ1n) is 17.3. The number of para-hydroxylation sites is 1. The van der Waals surface area contributed by atoms with E-state index in [-0.39, 0.29) is 31.2 Å². The van der Waals surface area contributed by atoms with Gasteiger partial charge in [-0.3, -0.25) is 14.5 Å². The zero-order chi connectivity index (χ0) is 35.1. The van der Waals surface area contributed by atoms with Crippen LogP contribution >= 0.6 is 0 Å². The number of anilines is 1. The number of carbonyl (C=O) groups is 2. The fraction of sp³-hybridized carbons (Fsp3) is 0.487. The van der Waals surface area contributed by atoms with E-state index in [1.807, 2.05) is 53.4 Å². The topological polar surface area (TPSA) is 97.8 Å². The van der Waals surface area contributed by atoms with Gasteiger partial charge in [0.1, 0.15) is 12.3 Å². The number of quaternary nitrogens is 1. The van der Waals surface area contributed by atoms with Crippen LogP contribution in [0, 0.1) is 5.92 Å². The highest BCUT2D eigenvalue weighted by Gasteiger charge is 2.47. The highest BCUT2D eigenvalue weighted by molar-refractivity contribution is 5.95. The van der Waals surface area contributed by atoms with Crippen molar-refractivity contribution >= 4 is 17.6 Å². The number of benzene rings is 3. The number of amides is 1. The van der Waals surface area contributed by atoms with Crippen molar-refractivity contribution in [3.05, 3.63) is 77.4 Å². The first-order valence-corrected chi connectivity index (χ1v) is 17.3. The zero-order valence-electron chi connectivity index (χ0n) is 29.8. The smallest absolute Gasteiger partial charge is 0.308 e. The highest BCUT2D eigenvalue weighted by Crippen LogP contribution is 2.47. The Balaban J connectivity index is 1.46. The van der Waals surface area contributed by atoms with E-state index in [1.165, 1.54) is 0 Å². The van der Waals surface area contributed by atoms with Gasteiger partial charge >= 0.3 is 5.97 Å². The van der Waals surface area contributed by atoms with E-state index in [0.29, 0.717) is 36.8 Å². The molecule has 2 aliphatic heterocycles. The Hall–Kier alpha value is -4.28. The minimum atomic E-state index is -0.880. The van der Waals surface area contributed by atoms with Gasteiger partial charge < -0.3 is 33.4 Å². The van der Waals surface area contributed by atoms with Crippen molar-refractivity contribution in [1.29, 1.82) is 0 Å². The number of carbonyl (C=O) groups excluding carboxylic acids is 1. The molecule has 2 heterocycles. The molecule has 0 spiro atoms. The average Bonchev–Trinajstić information content (AvgIpc) is 3.69. The molecule has 1 fully saturated rings. The molecular weight excluding hydrogens is 622 g/mol. The molecule has 10 nitrogen and oxygen atoms in total. The number of aryl methyl sites for hydroxylation is 1. The molecule has 0 saturated carbocycles. The van der Waals surface area contributed by atoms with Gasteiger partial charge in [-0.25, -0.2) is 0 Å². The number of carboxylic acid groups (broad SMARTS) is 1. The summed E-state index contributed by atoms with van der Waals surface area (Å²) in [7, 11) is 9.68. The number of nitrogens with zero attached hydrogens (tertiary/aromatic N) is 3. The summed E-state index contributed by atoms with van der Waals surface area (Å²) in [5, 5.41) is 10.8. The summed E-state index contributed by atoms with van der Waals surface area (Å²) in [6.45, 7) is 4.16. The van der Waals surface area contributed by atoms with Gasteiger partial charge in [-0.2, -0.15) is 0 Å². The van der Waals surface area contributed by atoms with Crippen molar-refractivity contribution in [1.82, 2.24) is 4.90 Å². The van der Waals surface area contributed by atoms with Gasteiger partial charge in [0.05, 0.1) is 47.8 Å². The molecule has 0 radical (unpaired) electrons. The summed E-state index contributed by atoms with van der Waals surface area (Å²) in [6.07, 6.45) is 3.90. The molecule has 1 N–H and O–H groups in total. The first-order chi connectivity index (χ1) is 23.5.